The molecular formula is C21H26N4O3. The molecule has 7 nitrogen and oxygen atoms in total. The Labute approximate surface area is 165 Å². The van der Waals surface area contributed by atoms with Gasteiger partial charge in [0, 0.05) is 38.0 Å². The molecule has 0 spiro atoms. The van der Waals surface area contributed by atoms with Crippen LogP contribution in [0, 0.1) is 13.8 Å². The molecule has 2 heterocycles. The Morgan fingerprint density at radius 3 is 2.61 bits per heavy atom. The highest BCUT2D eigenvalue weighted by Gasteiger charge is 2.24. The summed E-state index contributed by atoms with van der Waals surface area (Å²) in [5, 5.41) is 2.87. The number of ether oxygens (including phenoxy) is 1. The highest BCUT2D eigenvalue weighted by Crippen LogP contribution is 2.15. The average molecular weight is 382 g/mol. The number of carbonyl (C=O) groups is 2. The molecule has 1 saturated heterocycles. The second-order valence-corrected chi connectivity index (χ2v) is 7.09. The summed E-state index contributed by atoms with van der Waals surface area (Å²) >= 11 is 0. The molecule has 1 aromatic carbocycles. The molecule has 1 fully saturated rings. The van der Waals surface area contributed by atoms with Gasteiger partial charge in [-0.05, 0) is 38.8 Å². The molecule has 7 heteroatoms. The zero-order chi connectivity index (χ0) is 19.9. The van der Waals surface area contributed by atoms with Gasteiger partial charge in [-0.15, -0.1) is 0 Å². The van der Waals surface area contributed by atoms with Crippen LogP contribution in [-0.2, 0) is 9.53 Å². The summed E-state index contributed by atoms with van der Waals surface area (Å²) in [7, 11) is 0. The van der Waals surface area contributed by atoms with E-state index in [-0.39, 0.29) is 30.0 Å². The third-order valence-corrected chi connectivity index (χ3v) is 4.68. The van der Waals surface area contributed by atoms with Crippen LogP contribution in [0.1, 0.15) is 41.0 Å². The van der Waals surface area contributed by atoms with Crippen molar-refractivity contribution in [1.82, 2.24) is 14.9 Å². The predicted molar refractivity (Wildman–Crippen MR) is 106 cm³/mol. The summed E-state index contributed by atoms with van der Waals surface area (Å²) < 4.78 is 5.67. The number of nitrogens with zero attached hydrogens (tertiary/aromatic N) is 3. The van der Waals surface area contributed by atoms with Gasteiger partial charge in [-0.25, -0.2) is 4.98 Å². The first-order chi connectivity index (χ1) is 13.5. The van der Waals surface area contributed by atoms with Crippen LogP contribution in [0.2, 0.25) is 0 Å². The highest BCUT2D eigenvalue weighted by molar-refractivity contribution is 5.93. The van der Waals surface area contributed by atoms with Crippen molar-refractivity contribution in [1.29, 1.82) is 0 Å². The summed E-state index contributed by atoms with van der Waals surface area (Å²) in [6, 6.07) is 7.62. The molecule has 0 aliphatic carbocycles. The summed E-state index contributed by atoms with van der Waals surface area (Å²) in [4.78, 5) is 35.2. The van der Waals surface area contributed by atoms with Gasteiger partial charge >= 0.3 is 0 Å². The number of rotatable bonds is 7. The molecule has 0 bridgehead atoms. The van der Waals surface area contributed by atoms with Crippen LogP contribution >= 0.6 is 0 Å². The number of aromatic nitrogens is 2. The molecule has 3 rings (SSSR count). The maximum absolute atomic E-state index is 12.9. The molecule has 2 amide bonds. The number of nitrogens with one attached hydrogen (secondary N) is 1. The second kappa shape index (κ2) is 9.41. The molecule has 0 saturated carbocycles. The third-order valence-electron chi connectivity index (χ3n) is 4.68. The Balaban J connectivity index is 1.62. The monoisotopic (exact) mass is 382 g/mol. The van der Waals surface area contributed by atoms with E-state index in [0.29, 0.717) is 19.7 Å². The van der Waals surface area contributed by atoms with Gasteiger partial charge in [0.25, 0.3) is 5.91 Å². The largest absolute Gasteiger partial charge is 0.376 e. The smallest absolute Gasteiger partial charge is 0.274 e. The second-order valence-electron chi connectivity index (χ2n) is 7.09. The van der Waals surface area contributed by atoms with Crippen LogP contribution < -0.4 is 5.32 Å². The van der Waals surface area contributed by atoms with E-state index in [1.807, 2.05) is 38.1 Å². The van der Waals surface area contributed by atoms with Gasteiger partial charge in [-0.2, -0.15) is 0 Å². The lowest BCUT2D eigenvalue weighted by Gasteiger charge is -2.25. The van der Waals surface area contributed by atoms with Crippen molar-refractivity contribution in [2.45, 2.75) is 39.2 Å². The van der Waals surface area contributed by atoms with Gasteiger partial charge in [0.05, 0.1) is 18.0 Å². The summed E-state index contributed by atoms with van der Waals surface area (Å²) in [5.41, 5.74) is 2.91. The number of amides is 2. The van der Waals surface area contributed by atoms with Gasteiger partial charge in [0.1, 0.15) is 5.69 Å². The SMILES string of the molecule is Cc1ccc(NC(=O)CCN(CC2CCCO2)C(=O)c2cnc(C)cn2)cc1. The highest BCUT2D eigenvalue weighted by atomic mass is 16.5. The lowest BCUT2D eigenvalue weighted by atomic mass is 10.2. The molecule has 28 heavy (non-hydrogen) atoms. The minimum absolute atomic E-state index is 0.00233. The molecule has 148 valence electrons. The van der Waals surface area contributed by atoms with Gasteiger partial charge in [0.2, 0.25) is 5.91 Å². The Morgan fingerprint density at radius 1 is 1.18 bits per heavy atom. The van der Waals surface area contributed by atoms with Crippen LogP contribution in [0.3, 0.4) is 0 Å². The van der Waals surface area contributed by atoms with Crippen LogP contribution in [0.15, 0.2) is 36.7 Å². The first-order valence-corrected chi connectivity index (χ1v) is 9.57. The lowest BCUT2D eigenvalue weighted by molar-refractivity contribution is -0.116. The fourth-order valence-electron chi connectivity index (χ4n) is 3.07. The van der Waals surface area contributed by atoms with Crippen molar-refractivity contribution in [3.05, 3.63) is 53.6 Å². The molecule has 1 unspecified atom stereocenters. The standard InChI is InChI=1S/C21H26N4O3/c1-15-5-7-17(8-6-15)24-20(26)9-10-25(14-18-4-3-11-28-18)21(27)19-13-22-16(2)12-23-19/h5-8,12-13,18H,3-4,9-11,14H2,1-2H3,(H,24,26). The number of anilines is 1. The quantitative estimate of drug-likeness (QED) is 0.796. The fourth-order valence-corrected chi connectivity index (χ4v) is 3.07. The Hall–Kier alpha value is -2.80. The minimum atomic E-state index is -0.230. The minimum Gasteiger partial charge on any atom is -0.376 e. The molecule has 2 aromatic rings. The molecule has 1 aliphatic heterocycles. The Bertz CT molecular complexity index is 799. The van der Waals surface area contributed by atoms with E-state index in [0.717, 1.165) is 29.8 Å². The maximum atomic E-state index is 12.9. The molecule has 1 N–H and O–H groups in total. The summed E-state index contributed by atoms with van der Waals surface area (Å²) in [6.45, 7) is 5.28. The summed E-state index contributed by atoms with van der Waals surface area (Å²) in [5.74, 6) is -0.366. The van der Waals surface area contributed by atoms with E-state index in [1.165, 1.54) is 6.20 Å². The van der Waals surface area contributed by atoms with Crippen LogP contribution in [0.5, 0.6) is 0 Å². The topological polar surface area (TPSA) is 84.4 Å². The van der Waals surface area contributed by atoms with Crippen molar-refractivity contribution < 1.29 is 14.3 Å². The Morgan fingerprint density at radius 2 is 1.96 bits per heavy atom. The zero-order valence-corrected chi connectivity index (χ0v) is 16.4. The number of benzene rings is 1. The molecular weight excluding hydrogens is 356 g/mol. The lowest BCUT2D eigenvalue weighted by Crippen LogP contribution is -2.39. The first-order valence-electron chi connectivity index (χ1n) is 9.57. The van der Waals surface area contributed by atoms with Gasteiger partial charge in [-0.1, -0.05) is 17.7 Å². The van der Waals surface area contributed by atoms with E-state index in [9.17, 15) is 9.59 Å². The average Bonchev–Trinajstić information content (AvgIpc) is 3.20. The van der Waals surface area contributed by atoms with Gasteiger partial charge in [0.15, 0.2) is 0 Å². The van der Waals surface area contributed by atoms with Crippen LogP contribution in [-0.4, -0.2) is 52.5 Å². The first kappa shape index (κ1) is 19.9. The third kappa shape index (κ3) is 5.60. The molecule has 1 aromatic heterocycles. The number of hydrogen-bond acceptors (Lipinski definition) is 5. The van der Waals surface area contributed by atoms with Crippen molar-refractivity contribution in [3.8, 4) is 0 Å². The fraction of sp³-hybridized carbons (Fsp3) is 0.429. The van der Waals surface area contributed by atoms with Gasteiger partial charge < -0.3 is 15.0 Å². The van der Waals surface area contributed by atoms with Crippen molar-refractivity contribution in [2.24, 2.45) is 0 Å². The zero-order valence-electron chi connectivity index (χ0n) is 16.4. The van der Waals surface area contributed by atoms with E-state index in [4.69, 9.17) is 4.74 Å². The van der Waals surface area contributed by atoms with E-state index in [2.05, 4.69) is 15.3 Å². The Kier molecular flexibility index (Phi) is 6.71. The molecule has 0 radical (unpaired) electrons. The molecule has 1 atom stereocenters. The van der Waals surface area contributed by atoms with Crippen LogP contribution in [0.25, 0.3) is 0 Å². The molecule has 1 aliphatic rings. The van der Waals surface area contributed by atoms with Crippen LogP contribution in [0.4, 0.5) is 5.69 Å². The number of carbonyl (C=O) groups excluding carboxylic acids is 2. The van der Waals surface area contributed by atoms with E-state index < -0.39 is 0 Å². The number of aryl methyl sites for hydroxylation is 2. The normalized spacial score (nSPS) is 16.0. The van der Waals surface area contributed by atoms with Crippen molar-refractivity contribution in [3.63, 3.8) is 0 Å². The predicted octanol–water partition coefficient (Wildman–Crippen LogP) is 2.74. The van der Waals surface area contributed by atoms with Crippen molar-refractivity contribution >= 4 is 17.5 Å². The number of hydrogen-bond donors (Lipinski definition) is 1. The maximum Gasteiger partial charge on any atom is 0.274 e. The van der Waals surface area contributed by atoms with E-state index in [1.54, 1.807) is 11.1 Å². The van der Waals surface area contributed by atoms with Crippen molar-refractivity contribution in [2.75, 3.05) is 25.0 Å². The van der Waals surface area contributed by atoms with Gasteiger partial charge in [-0.3, -0.25) is 14.6 Å². The summed E-state index contributed by atoms with van der Waals surface area (Å²) in [6.07, 6.45) is 5.16. The van der Waals surface area contributed by atoms with E-state index >= 15 is 0 Å².